The Balaban J connectivity index is 1.44. The van der Waals surface area contributed by atoms with Crippen LogP contribution in [0.2, 0.25) is 0 Å². The lowest BCUT2D eigenvalue weighted by Crippen LogP contribution is -2.55. The molecule has 1 N–H and O–H groups in total. The predicted octanol–water partition coefficient (Wildman–Crippen LogP) is 7.22. The van der Waals surface area contributed by atoms with Crippen molar-refractivity contribution in [3.8, 4) is 0 Å². The van der Waals surface area contributed by atoms with Crippen molar-refractivity contribution in [3.63, 3.8) is 0 Å². The van der Waals surface area contributed by atoms with Crippen molar-refractivity contribution in [2.75, 3.05) is 0 Å². The van der Waals surface area contributed by atoms with E-state index in [2.05, 4.69) is 39.9 Å². The molecule has 9 atom stereocenters. The van der Waals surface area contributed by atoms with Crippen molar-refractivity contribution in [2.24, 2.45) is 52.3 Å². The van der Waals surface area contributed by atoms with Crippen LogP contribution in [0.15, 0.2) is 0 Å². The molecule has 1 amide bonds. The van der Waals surface area contributed by atoms with Crippen LogP contribution in [0, 0.1) is 52.3 Å². The zero-order chi connectivity index (χ0) is 21.5. The molecule has 4 saturated carbocycles. The number of carbonyl (C=O) groups excluding carboxylic acids is 1. The normalized spacial score (nSPS) is 46.6. The minimum absolute atomic E-state index is 0.438. The van der Waals surface area contributed by atoms with Crippen LogP contribution in [0.25, 0.3) is 0 Å². The highest BCUT2D eigenvalue weighted by Crippen LogP contribution is 2.68. The molecule has 0 aliphatic heterocycles. The van der Waals surface area contributed by atoms with Gasteiger partial charge in [-0.15, -0.1) is 0 Å². The van der Waals surface area contributed by atoms with Crippen molar-refractivity contribution < 1.29 is 4.79 Å². The molecule has 2 heteroatoms. The molecule has 4 aliphatic carbocycles. The summed E-state index contributed by atoms with van der Waals surface area (Å²) in [4.78, 5) is 11.0. The first-order chi connectivity index (χ1) is 14.3. The molecule has 0 heterocycles. The second-order valence-corrected chi connectivity index (χ2v) is 12.9. The molecule has 4 fully saturated rings. The highest BCUT2D eigenvalue weighted by atomic mass is 16.1. The van der Waals surface area contributed by atoms with Crippen LogP contribution in [0.1, 0.15) is 112 Å². The summed E-state index contributed by atoms with van der Waals surface area (Å²) in [5, 5.41) is 3.11. The van der Waals surface area contributed by atoms with Crippen LogP contribution in [0.4, 0.5) is 0 Å². The van der Waals surface area contributed by atoms with Gasteiger partial charge in [-0.2, -0.15) is 0 Å². The second kappa shape index (κ2) is 8.78. The van der Waals surface area contributed by atoms with Crippen LogP contribution in [0.5, 0.6) is 0 Å². The van der Waals surface area contributed by atoms with E-state index in [9.17, 15) is 4.79 Å². The predicted molar refractivity (Wildman–Crippen MR) is 126 cm³/mol. The molecule has 172 valence electrons. The van der Waals surface area contributed by atoms with Gasteiger partial charge in [0.25, 0.3) is 0 Å². The average Bonchev–Trinajstić information content (AvgIpc) is 3.05. The maximum Gasteiger partial charge on any atom is 0.207 e. The molecule has 0 radical (unpaired) electrons. The van der Waals surface area contributed by atoms with Gasteiger partial charge in [-0.05, 0) is 110 Å². The van der Waals surface area contributed by atoms with Gasteiger partial charge in [0.05, 0.1) is 0 Å². The van der Waals surface area contributed by atoms with Crippen LogP contribution >= 0.6 is 0 Å². The van der Waals surface area contributed by atoms with Gasteiger partial charge in [0.2, 0.25) is 6.41 Å². The van der Waals surface area contributed by atoms with Crippen molar-refractivity contribution >= 4 is 6.41 Å². The summed E-state index contributed by atoms with van der Waals surface area (Å²) in [7, 11) is 0. The standard InChI is InChI=1S/C28H49NO/c1-19(2)7-6-8-20(3)24-11-12-25-23-10-9-21-17-22(29-18-30)13-15-27(21,4)26(23)14-16-28(24,25)5/h18-26H,6-17H2,1-5H3,(H,29,30). The van der Waals surface area contributed by atoms with Gasteiger partial charge in [0, 0.05) is 6.04 Å². The Hall–Kier alpha value is -0.530. The molecule has 4 rings (SSSR count). The van der Waals surface area contributed by atoms with E-state index in [4.69, 9.17) is 0 Å². The Morgan fingerprint density at radius 3 is 2.37 bits per heavy atom. The summed E-state index contributed by atoms with van der Waals surface area (Å²) in [6, 6.07) is 0.438. The smallest absolute Gasteiger partial charge is 0.207 e. The van der Waals surface area contributed by atoms with Crippen molar-refractivity contribution in [2.45, 2.75) is 118 Å². The third kappa shape index (κ3) is 3.88. The minimum atomic E-state index is 0.438. The quantitative estimate of drug-likeness (QED) is 0.437. The second-order valence-electron chi connectivity index (χ2n) is 12.9. The number of carbonyl (C=O) groups is 1. The summed E-state index contributed by atoms with van der Waals surface area (Å²) < 4.78 is 0. The maximum absolute atomic E-state index is 11.0. The molecule has 0 aromatic rings. The molecule has 0 aromatic carbocycles. The molecule has 4 aliphatic rings. The van der Waals surface area contributed by atoms with Crippen LogP contribution in [0.3, 0.4) is 0 Å². The first kappa shape index (κ1) is 22.7. The largest absolute Gasteiger partial charge is 0.356 e. The molecule has 0 bridgehead atoms. The lowest BCUT2D eigenvalue weighted by molar-refractivity contribution is -0.122. The summed E-state index contributed by atoms with van der Waals surface area (Å²) in [6.07, 6.45) is 17.8. The third-order valence-electron chi connectivity index (χ3n) is 11.2. The molecule has 0 spiro atoms. The minimum Gasteiger partial charge on any atom is -0.356 e. The van der Waals surface area contributed by atoms with E-state index in [0.29, 0.717) is 16.9 Å². The fraction of sp³-hybridized carbons (Fsp3) is 0.964. The van der Waals surface area contributed by atoms with E-state index < -0.39 is 0 Å². The monoisotopic (exact) mass is 415 g/mol. The number of amides is 1. The number of hydrogen-bond donors (Lipinski definition) is 1. The maximum atomic E-state index is 11.0. The number of fused-ring (bicyclic) bond motifs is 5. The zero-order valence-electron chi connectivity index (χ0n) is 20.6. The molecule has 0 saturated heterocycles. The van der Waals surface area contributed by atoms with Crippen LogP contribution in [-0.2, 0) is 4.79 Å². The van der Waals surface area contributed by atoms with Gasteiger partial charge in [-0.3, -0.25) is 4.79 Å². The topological polar surface area (TPSA) is 29.1 Å². The Morgan fingerprint density at radius 1 is 0.900 bits per heavy atom. The van der Waals surface area contributed by atoms with Gasteiger partial charge in [0.1, 0.15) is 0 Å². The van der Waals surface area contributed by atoms with E-state index in [1.54, 1.807) is 0 Å². The van der Waals surface area contributed by atoms with Crippen molar-refractivity contribution in [1.29, 1.82) is 0 Å². The molecule has 0 aromatic heterocycles. The van der Waals surface area contributed by atoms with Gasteiger partial charge in [-0.1, -0.05) is 53.9 Å². The lowest BCUT2D eigenvalue weighted by Gasteiger charge is -2.61. The summed E-state index contributed by atoms with van der Waals surface area (Å²) in [5.74, 6) is 6.47. The molecule has 9 unspecified atom stereocenters. The van der Waals surface area contributed by atoms with Crippen LogP contribution < -0.4 is 5.32 Å². The Morgan fingerprint density at radius 2 is 1.63 bits per heavy atom. The molecular formula is C28H49NO. The van der Waals surface area contributed by atoms with Gasteiger partial charge in [-0.25, -0.2) is 0 Å². The van der Waals surface area contributed by atoms with Crippen molar-refractivity contribution in [3.05, 3.63) is 0 Å². The number of nitrogens with one attached hydrogen (secondary N) is 1. The van der Waals surface area contributed by atoms with E-state index in [-0.39, 0.29) is 0 Å². The molecular weight excluding hydrogens is 366 g/mol. The Kier molecular flexibility index (Phi) is 6.63. The van der Waals surface area contributed by atoms with E-state index in [1.165, 1.54) is 77.0 Å². The fourth-order valence-electron chi connectivity index (χ4n) is 9.53. The first-order valence-corrected chi connectivity index (χ1v) is 13.5. The average molecular weight is 416 g/mol. The fourth-order valence-corrected chi connectivity index (χ4v) is 9.53. The number of hydrogen-bond acceptors (Lipinski definition) is 1. The van der Waals surface area contributed by atoms with Gasteiger partial charge < -0.3 is 5.32 Å². The van der Waals surface area contributed by atoms with Gasteiger partial charge in [0.15, 0.2) is 0 Å². The molecule has 2 nitrogen and oxygen atoms in total. The third-order valence-corrected chi connectivity index (χ3v) is 11.2. The van der Waals surface area contributed by atoms with Gasteiger partial charge >= 0.3 is 0 Å². The first-order valence-electron chi connectivity index (χ1n) is 13.5. The van der Waals surface area contributed by atoms with E-state index in [0.717, 1.165) is 47.8 Å². The summed E-state index contributed by atoms with van der Waals surface area (Å²) in [5.41, 5.74) is 1.14. The summed E-state index contributed by atoms with van der Waals surface area (Å²) in [6.45, 7) is 12.7. The number of rotatable bonds is 7. The van der Waals surface area contributed by atoms with E-state index in [1.807, 2.05) is 0 Å². The highest BCUT2D eigenvalue weighted by molar-refractivity contribution is 5.46. The van der Waals surface area contributed by atoms with E-state index >= 15 is 0 Å². The zero-order valence-corrected chi connectivity index (χ0v) is 20.6. The SMILES string of the molecule is CC(C)CCCC(C)C1CCC2C3CCC4CC(NC=O)CCC4(C)C3CCC12C. The van der Waals surface area contributed by atoms with Crippen molar-refractivity contribution in [1.82, 2.24) is 5.32 Å². The Bertz CT molecular complexity index is 601. The Labute approximate surface area is 186 Å². The highest BCUT2D eigenvalue weighted by Gasteiger charge is 2.60. The lowest BCUT2D eigenvalue weighted by atomic mass is 9.44. The molecule has 30 heavy (non-hydrogen) atoms. The van der Waals surface area contributed by atoms with Crippen LogP contribution in [-0.4, -0.2) is 12.5 Å². The summed E-state index contributed by atoms with van der Waals surface area (Å²) >= 11 is 0.